The Kier molecular flexibility index (Phi) is 4.36. The lowest BCUT2D eigenvalue weighted by molar-refractivity contribution is 0.0686. The molecule has 0 spiro atoms. The van der Waals surface area contributed by atoms with Crippen LogP contribution >= 0.6 is 11.7 Å². The highest BCUT2D eigenvalue weighted by Crippen LogP contribution is 2.44. The van der Waals surface area contributed by atoms with Crippen molar-refractivity contribution in [2.45, 2.75) is 0 Å². The van der Waals surface area contributed by atoms with Crippen molar-refractivity contribution in [3.05, 3.63) is 59.7 Å². The van der Waals surface area contributed by atoms with E-state index in [1.54, 1.807) is 24.3 Å². The fourth-order valence-corrected chi connectivity index (χ4v) is 3.74. The van der Waals surface area contributed by atoms with Crippen molar-refractivity contribution in [2.75, 3.05) is 11.5 Å². The maximum Gasteiger partial charge on any atom is 0.335 e. The predicted molar refractivity (Wildman–Crippen MR) is 111 cm³/mol. The molecule has 0 fully saturated rings. The van der Waals surface area contributed by atoms with Crippen LogP contribution in [0.2, 0.25) is 0 Å². The van der Waals surface area contributed by atoms with E-state index in [9.17, 15) is 9.59 Å². The van der Waals surface area contributed by atoms with Gasteiger partial charge in [-0.25, -0.2) is 9.59 Å². The molecule has 0 aliphatic heterocycles. The fourth-order valence-electron chi connectivity index (χ4n) is 3.18. The highest BCUT2D eigenvalue weighted by Gasteiger charge is 2.21. The van der Waals surface area contributed by atoms with Crippen molar-refractivity contribution < 1.29 is 19.8 Å². The smallest absolute Gasteiger partial charge is 0.335 e. The number of aromatic nitrogens is 2. The molecule has 0 aliphatic rings. The first-order valence-electron chi connectivity index (χ1n) is 8.39. The van der Waals surface area contributed by atoms with Crippen LogP contribution in [0.3, 0.4) is 0 Å². The number of nitrogen functional groups attached to an aromatic ring is 2. The molecule has 144 valence electrons. The maximum atomic E-state index is 11.1. The standard InChI is InChI=1S/C20H14N4O4S/c21-15-13(9-1-5-11(6-2-9)19(25)26)17-18(24-29-23-17)14(16(15)22)10-3-7-12(8-4-10)20(27)28/h1-8H,21-22H2,(H,25,26)(H,27,28). The molecule has 3 aromatic carbocycles. The van der Waals surface area contributed by atoms with Gasteiger partial charge in [0.05, 0.1) is 34.2 Å². The number of hydrogen-bond donors (Lipinski definition) is 4. The molecule has 0 atom stereocenters. The molecule has 0 saturated heterocycles. The van der Waals surface area contributed by atoms with Gasteiger partial charge in [-0.3, -0.25) is 0 Å². The van der Waals surface area contributed by atoms with E-state index in [-0.39, 0.29) is 11.1 Å². The molecule has 1 aromatic heterocycles. The number of fused-ring (bicyclic) bond motifs is 1. The van der Waals surface area contributed by atoms with Crippen LogP contribution in [-0.2, 0) is 0 Å². The van der Waals surface area contributed by atoms with E-state index < -0.39 is 11.9 Å². The molecule has 8 nitrogen and oxygen atoms in total. The van der Waals surface area contributed by atoms with E-state index in [2.05, 4.69) is 8.75 Å². The zero-order valence-corrected chi connectivity index (χ0v) is 15.6. The summed E-state index contributed by atoms with van der Waals surface area (Å²) in [6, 6.07) is 12.5. The van der Waals surface area contributed by atoms with E-state index in [0.717, 1.165) is 11.7 Å². The third-order valence-corrected chi connectivity index (χ3v) is 5.16. The second-order valence-electron chi connectivity index (χ2n) is 6.30. The van der Waals surface area contributed by atoms with Gasteiger partial charge < -0.3 is 21.7 Å². The Morgan fingerprint density at radius 3 is 1.34 bits per heavy atom. The zero-order chi connectivity index (χ0) is 20.7. The van der Waals surface area contributed by atoms with E-state index in [1.807, 2.05) is 0 Å². The van der Waals surface area contributed by atoms with Crippen molar-refractivity contribution in [2.24, 2.45) is 0 Å². The summed E-state index contributed by atoms with van der Waals surface area (Å²) in [6.45, 7) is 0. The van der Waals surface area contributed by atoms with Crippen LogP contribution in [0.5, 0.6) is 0 Å². The molecule has 4 rings (SSSR count). The molecule has 29 heavy (non-hydrogen) atoms. The first-order valence-corrected chi connectivity index (χ1v) is 9.12. The monoisotopic (exact) mass is 406 g/mol. The predicted octanol–water partition coefficient (Wildman–Crippen LogP) is 3.59. The summed E-state index contributed by atoms with van der Waals surface area (Å²) >= 11 is 1.00. The number of carbonyl (C=O) groups is 2. The number of hydrogen-bond acceptors (Lipinski definition) is 7. The Balaban J connectivity index is 1.93. The number of rotatable bonds is 4. The summed E-state index contributed by atoms with van der Waals surface area (Å²) in [5.74, 6) is -2.05. The molecule has 1 heterocycles. The summed E-state index contributed by atoms with van der Waals surface area (Å²) < 4.78 is 8.74. The summed E-state index contributed by atoms with van der Waals surface area (Å²) in [4.78, 5) is 22.2. The zero-order valence-electron chi connectivity index (χ0n) is 14.8. The van der Waals surface area contributed by atoms with Crippen LogP contribution < -0.4 is 11.5 Å². The Morgan fingerprint density at radius 1 is 0.690 bits per heavy atom. The average Bonchev–Trinajstić information content (AvgIpc) is 3.18. The Labute approximate surface area is 168 Å². The highest BCUT2D eigenvalue weighted by molar-refractivity contribution is 7.00. The van der Waals surface area contributed by atoms with Gasteiger partial charge >= 0.3 is 11.9 Å². The molecule has 0 unspecified atom stereocenters. The number of carboxylic acid groups (broad SMARTS) is 2. The summed E-state index contributed by atoms with van der Waals surface area (Å²) in [5, 5.41) is 18.2. The van der Waals surface area contributed by atoms with Crippen LogP contribution in [0.25, 0.3) is 33.3 Å². The van der Waals surface area contributed by atoms with Gasteiger partial charge in [-0.1, -0.05) is 24.3 Å². The van der Waals surface area contributed by atoms with Crippen molar-refractivity contribution >= 4 is 46.1 Å². The first kappa shape index (κ1) is 18.4. The van der Waals surface area contributed by atoms with Crippen LogP contribution in [0.4, 0.5) is 11.4 Å². The Bertz CT molecular complexity index is 1170. The molecule has 0 aliphatic carbocycles. The lowest BCUT2D eigenvalue weighted by atomic mass is 9.93. The van der Waals surface area contributed by atoms with E-state index in [4.69, 9.17) is 21.7 Å². The molecule has 4 aromatic rings. The normalized spacial score (nSPS) is 10.9. The largest absolute Gasteiger partial charge is 0.478 e. The fraction of sp³-hybridized carbons (Fsp3) is 0. The van der Waals surface area contributed by atoms with Gasteiger partial charge in [0.25, 0.3) is 0 Å². The third-order valence-electron chi connectivity index (χ3n) is 4.63. The summed E-state index contributed by atoms with van der Waals surface area (Å²) in [5.41, 5.74) is 17.2. The number of anilines is 2. The molecule has 0 amide bonds. The van der Waals surface area contributed by atoms with Crippen LogP contribution in [0, 0.1) is 0 Å². The quantitative estimate of drug-likeness (QED) is 0.375. The Hall–Kier alpha value is -3.98. The molecule has 0 bridgehead atoms. The van der Waals surface area contributed by atoms with Gasteiger partial charge in [-0.2, -0.15) is 8.75 Å². The number of nitrogens with two attached hydrogens (primary N) is 2. The van der Waals surface area contributed by atoms with Gasteiger partial charge in [0.1, 0.15) is 11.0 Å². The van der Waals surface area contributed by atoms with Gasteiger partial charge in [-0.15, -0.1) is 0 Å². The SMILES string of the molecule is Nc1c(N)c(-c2ccc(C(=O)O)cc2)c2nsnc2c1-c1ccc(C(=O)O)cc1. The van der Waals surface area contributed by atoms with Crippen molar-refractivity contribution in [1.82, 2.24) is 8.75 Å². The van der Waals surface area contributed by atoms with Crippen LogP contribution in [0.1, 0.15) is 20.7 Å². The first-order chi connectivity index (χ1) is 13.9. The minimum atomic E-state index is -1.02. The van der Waals surface area contributed by atoms with E-state index in [1.165, 1.54) is 24.3 Å². The maximum absolute atomic E-state index is 11.1. The van der Waals surface area contributed by atoms with Gasteiger partial charge in [0.2, 0.25) is 0 Å². The van der Waals surface area contributed by atoms with E-state index >= 15 is 0 Å². The third kappa shape index (κ3) is 3.03. The van der Waals surface area contributed by atoms with Crippen LogP contribution in [-0.4, -0.2) is 30.9 Å². The lowest BCUT2D eigenvalue weighted by Crippen LogP contribution is -2.03. The highest BCUT2D eigenvalue weighted by atomic mass is 32.1. The number of carboxylic acids is 2. The molecule has 0 radical (unpaired) electrons. The van der Waals surface area contributed by atoms with E-state index in [0.29, 0.717) is 44.7 Å². The van der Waals surface area contributed by atoms with Crippen molar-refractivity contribution in [3.63, 3.8) is 0 Å². The molecule has 0 saturated carbocycles. The molecule has 6 N–H and O–H groups in total. The van der Waals surface area contributed by atoms with Gasteiger partial charge in [-0.05, 0) is 35.4 Å². The number of benzene rings is 3. The Morgan fingerprint density at radius 2 is 1.03 bits per heavy atom. The molecular weight excluding hydrogens is 392 g/mol. The average molecular weight is 406 g/mol. The minimum absolute atomic E-state index is 0.156. The lowest BCUT2D eigenvalue weighted by Gasteiger charge is -2.15. The van der Waals surface area contributed by atoms with Gasteiger partial charge in [0, 0.05) is 11.1 Å². The summed E-state index contributed by atoms with van der Waals surface area (Å²) in [6.07, 6.45) is 0. The summed E-state index contributed by atoms with van der Waals surface area (Å²) in [7, 11) is 0. The number of aromatic carboxylic acids is 2. The number of nitrogens with zero attached hydrogens (tertiary/aromatic N) is 2. The molecule has 9 heteroatoms. The second-order valence-corrected chi connectivity index (χ2v) is 6.83. The van der Waals surface area contributed by atoms with Crippen molar-refractivity contribution in [1.29, 1.82) is 0 Å². The molecular formula is C20H14N4O4S. The van der Waals surface area contributed by atoms with Crippen LogP contribution in [0.15, 0.2) is 48.5 Å². The van der Waals surface area contributed by atoms with Crippen molar-refractivity contribution in [3.8, 4) is 22.3 Å². The second kappa shape index (κ2) is 6.88. The van der Waals surface area contributed by atoms with Gasteiger partial charge in [0.15, 0.2) is 0 Å². The topological polar surface area (TPSA) is 152 Å². The minimum Gasteiger partial charge on any atom is -0.478 e.